The second kappa shape index (κ2) is 6.37. The van der Waals surface area contributed by atoms with Gasteiger partial charge in [0.15, 0.2) is 0 Å². The first-order valence-electron chi connectivity index (χ1n) is 6.45. The molecule has 0 saturated heterocycles. The Kier molecular flexibility index (Phi) is 5.30. The predicted molar refractivity (Wildman–Crippen MR) is 77.3 cm³/mol. The van der Waals surface area contributed by atoms with E-state index in [0.717, 1.165) is 5.56 Å². The maximum absolute atomic E-state index is 12.3. The first-order valence-corrected chi connectivity index (χ1v) is 7.94. The zero-order valence-corrected chi connectivity index (χ0v) is 13.0. The summed E-state index contributed by atoms with van der Waals surface area (Å²) in [7, 11) is -3.60. The molecule has 1 atom stereocenters. The molecule has 112 valence electrons. The molecule has 2 N–H and O–H groups in total. The Morgan fingerprint density at radius 3 is 2.20 bits per heavy atom. The average Bonchev–Trinajstić information content (AvgIpc) is 2.26. The maximum Gasteiger partial charge on any atom is 0.306 e. The monoisotopic (exact) mass is 299 g/mol. The van der Waals surface area contributed by atoms with Crippen molar-refractivity contribution in [3.8, 4) is 0 Å². The van der Waals surface area contributed by atoms with Crippen molar-refractivity contribution in [2.24, 2.45) is 5.92 Å². The van der Waals surface area contributed by atoms with Crippen LogP contribution in [-0.4, -0.2) is 26.0 Å². The lowest BCUT2D eigenvalue weighted by Gasteiger charge is -2.13. The van der Waals surface area contributed by atoms with Crippen molar-refractivity contribution in [2.75, 3.05) is 6.54 Å². The van der Waals surface area contributed by atoms with Crippen molar-refractivity contribution in [3.63, 3.8) is 0 Å². The second-order valence-corrected chi connectivity index (χ2v) is 6.86. The number of carboxylic acid groups (broad SMARTS) is 1. The third kappa shape index (κ3) is 4.05. The Labute approximate surface area is 120 Å². The van der Waals surface area contributed by atoms with Crippen LogP contribution in [0.3, 0.4) is 0 Å². The lowest BCUT2D eigenvalue weighted by Crippen LogP contribution is -2.28. The topological polar surface area (TPSA) is 83.5 Å². The molecule has 0 bridgehead atoms. The SMILES string of the molecule is Cc1cc(C)c(S(=O)(=O)NCCC(C)C(=O)O)c(C)c1. The van der Waals surface area contributed by atoms with Crippen LogP contribution in [0.1, 0.15) is 30.0 Å². The molecule has 0 aliphatic carbocycles. The van der Waals surface area contributed by atoms with Crippen LogP contribution >= 0.6 is 0 Å². The van der Waals surface area contributed by atoms with Gasteiger partial charge in [-0.2, -0.15) is 0 Å². The van der Waals surface area contributed by atoms with Crippen molar-refractivity contribution in [1.82, 2.24) is 4.72 Å². The molecular weight excluding hydrogens is 278 g/mol. The van der Waals surface area contributed by atoms with Gasteiger partial charge in [-0.15, -0.1) is 0 Å². The molecular formula is C14H21NO4S. The van der Waals surface area contributed by atoms with Crippen molar-refractivity contribution in [2.45, 2.75) is 39.0 Å². The predicted octanol–water partition coefficient (Wildman–Crippen LogP) is 2.00. The molecule has 0 spiro atoms. The Hall–Kier alpha value is -1.40. The standard InChI is InChI=1S/C14H21NO4S/c1-9-7-11(3)13(12(4)8-9)20(18,19)15-6-5-10(2)14(16)17/h7-8,10,15H,5-6H2,1-4H3,(H,16,17). The summed E-state index contributed by atoms with van der Waals surface area (Å²) in [4.78, 5) is 11.0. The van der Waals surface area contributed by atoms with E-state index in [1.54, 1.807) is 20.8 Å². The van der Waals surface area contributed by atoms with E-state index >= 15 is 0 Å². The lowest BCUT2D eigenvalue weighted by atomic mass is 10.1. The summed E-state index contributed by atoms with van der Waals surface area (Å²) in [5.41, 5.74) is 2.40. The third-order valence-electron chi connectivity index (χ3n) is 3.16. The van der Waals surface area contributed by atoms with Crippen molar-refractivity contribution >= 4 is 16.0 Å². The molecule has 0 aliphatic heterocycles. The quantitative estimate of drug-likeness (QED) is 0.841. The van der Waals surface area contributed by atoms with Crippen LogP contribution in [0.25, 0.3) is 0 Å². The number of carbonyl (C=O) groups is 1. The highest BCUT2D eigenvalue weighted by molar-refractivity contribution is 7.89. The van der Waals surface area contributed by atoms with Gasteiger partial charge in [0.1, 0.15) is 0 Å². The number of rotatable bonds is 6. The summed E-state index contributed by atoms with van der Waals surface area (Å²) in [5, 5.41) is 8.77. The van der Waals surface area contributed by atoms with Crippen LogP contribution in [0, 0.1) is 26.7 Å². The van der Waals surface area contributed by atoms with E-state index in [1.807, 2.05) is 19.1 Å². The van der Waals surface area contributed by atoms with E-state index < -0.39 is 21.9 Å². The van der Waals surface area contributed by atoms with Crippen LogP contribution < -0.4 is 4.72 Å². The summed E-state index contributed by atoms with van der Waals surface area (Å²) in [6.45, 7) is 7.10. The van der Waals surface area contributed by atoms with Gasteiger partial charge in [-0.25, -0.2) is 13.1 Å². The molecule has 5 nitrogen and oxygen atoms in total. The molecule has 0 fully saturated rings. The van der Waals surface area contributed by atoms with Crippen molar-refractivity contribution in [1.29, 1.82) is 0 Å². The van der Waals surface area contributed by atoms with Crippen LogP contribution in [0.5, 0.6) is 0 Å². The van der Waals surface area contributed by atoms with Crippen molar-refractivity contribution in [3.05, 3.63) is 28.8 Å². The highest BCUT2D eigenvalue weighted by Gasteiger charge is 2.20. The molecule has 20 heavy (non-hydrogen) atoms. The van der Waals surface area contributed by atoms with Gasteiger partial charge in [-0.05, 0) is 38.3 Å². The van der Waals surface area contributed by atoms with Gasteiger partial charge in [0.05, 0.1) is 10.8 Å². The van der Waals surface area contributed by atoms with E-state index in [1.165, 1.54) is 0 Å². The fraction of sp³-hybridized carbons (Fsp3) is 0.500. The van der Waals surface area contributed by atoms with Crippen LogP contribution in [0.15, 0.2) is 17.0 Å². The summed E-state index contributed by atoms with van der Waals surface area (Å²) in [6, 6.07) is 3.64. The molecule has 1 unspecified atom stereocenters. The maximum atomic E-state index is 12.3. The Morgan fingerprint density at radius 2 is 1.75 bits per heavy atom. The van der Waals surface area contributed by atoms with Crippen LogP contribution in [0.2, 0.25) is 0 Å². The zero-order chi connectivity index (χ0) is 15.5. The number of sulfonamides is 1. The van der Waals surface area contributed by atoms with Gasteiger partial charge < -0.3 is 5.11 Å². The fourth-order valence-electron chi connectivity index (χ4n) is 2.20. The third-order valence-corrected chi connectivity index (χ3v) is 4.93. The summed E-state index contributed by atoms with van der Waals surface area (Å²) in [5.74, 6) is -1.50. The van der Waals surface area contributed by atoms with E-state index in [0.29, 0.717) is 11.1 Å². The van der Waals surface area contributed by atoms with Gasteiger partial charge >= 0.3 is 5.97 Å². The molecule has 6 heteroatoms. The normalized spacial score (nSPS) is 13.2. The minimum absolute atomic E-state index is 0.114. The average molecular weight is 299 g/mol. The number of aliphatic carboxylic acids is 1. The van der Waals surface area contributed by atoms with Crippen molar-refractivity contribution < 1.29 is 18.3 Å². The summed E-state index contributed by atoms with van der Waals surface area (Å²) >= 11 is 0. The van der Waals surface area contributed by atoms with E-state index in [9.17, 15) is 13.2 Å². The fourth-order valence-corrected chi connectivity index (χ4v) is 3.69. The lowest BCUT2D eigenvalue weighted by molar-refractivity contribution is -0.141. The Bertz CT molecular complexity index is 585. The smallest absolute Gasteiger partial charge is 0.306 e. The first kappa shape index (κ1) is 16.7. The van der Waals surface area contributed by atoms with E-state index in [-0.39, 0.29) is 17.9 Å². The zero-order valence-electron chi connectivity index (χ0n) is 12.2. The highest BCUT2D eigenvalue weighted by atomic mass is 32.2. The number of hydrogen-bond acceptors (Lipinski definition) is 3. The molecule has 0 radical (unpaired) electrons. The first-order chi connectivity index (χ1) is 9.15. The summed E-state index contributed by atoms with van der Waals surface area (Å²) < 4.78 is 27.0. The van der Waals surface area contributed by atoms with Gasteiger partial charge in [-0.1, -0.05) is 24.6 Å². The van der Waals surface area contributed by atoms with Crippen LogP contribution in [0.4, 0.5) is 0 Å². The van der Waals surface area contributed by atoms with Gasteiger partial charge in [0.2, 0.25) is 10.0 Å². The molecule has 0 aromatic heterocycles. The van der Waals surface area contributed by atoms with Gasteiger partial charge in [-0.3, -0.25) is 4.79 Å². The minimum Gasteiger partial charge on any atom is -0.481 e. The van der Waals surface area contributed by atoms with Crippen LogP contribution in [-0.2, 0) is 14.8 Å². The largest absolute Gasteiger partial charge is 0.481 e. The molecule has 1 aromatic carbocycles. The highest BCUT2D eigenvalue weighted by Crippen LogP contribution is 2.21. The molecule has 1 aromatic rings. The molecule has 1 rings (SSSR count). The minimum atomic E-state index is -3.60. The second-order valence-electron chi connectivity index (χ2n) is 5.15. The van der Waals surface area contributed by atoms with E-state index in [4.69, 9.17) is 5.11 Å². The summed E-state index contributed by atoms with van der Waals surface area (Å²) in [6.07, 6.45) is 0.262. The van der Waals surface area contributed by atoms with E-state index in [2.05, 4.69) is 4.72 Å². The van der Waals surface area contributed by atoms with Gasteiger partial charge in [0, 0.05) is 6.54 Å². The number of carboxylic acids is 1. The Morgan fingerprint density at radius 1 is 1.25 bits per heavy atom. The molecule has 0 aliphatic rings. The Balaban J connectivity index is 2.88. The number of hydrogen-bond donors (Lipinski definition) is 2. The van der Waals surface area contributed by atoms with Gasteiger partial charge in [0.25, 0.3) is 0 Å². The molecule has 0 saturated carbocycles. The molecule has 0 amide bonds. The number of nitrogens with one attached hydrogen (secondary N) is 1. The number of aryl methyl sites for hydroxylation is 3. The molecule has 0 heterocycles. The number of benzene rings is 1.